The molecule has 0 spiro atoms. The van der Waals surface area contributed by atoms with Crippen LogP contribution in [0.15, 0.2) is 36.9 Å². The maximum Gasteiger partial charge on any atom is 0.272 e. The molecule has 3 fully saturated rings. The molecule has 0 N–H and O–H groups in total. The van der Waals surface area contributed by atoms with E-state index in [1.807, 2.05) is 13.0 Å². The third-order valence-electron chi connectivity index (χ3n) is 7.06. The van der Waals surface area contributed by atoms with Gasteiger partial charge in [-0.3, -0.25) is 9.48 Å². The van der Waals surface area contributed by atoms with Crippen LogP contribution >= 0.6 is 0 Å². The summed E-state index contributed by atoms with van der Waals surface area (Å²) in [6.45, 7) is 2.46. The van der Waals surface area contributed by atoms with Crippen molar-refractivity contribution >= 4 is 17.1 Å². The highest BCUT2D eigenvalue weighted by Gasteiger charge is 2.61. The fourth-order valence-electron chi connectivity index (χ4n) is 5.04. The number of aromatic nitrogens is 4. The Bertz CT molecular complexity index is 1270. The summed E-state index contributed by atoms with van der Waals surface area (Å²) in [5.74, 6) is -2.75. The van der Waals surface area contributed by atoms with Gasteiger partial charge in [0.15, 0.2) is 0 Å². The fraction of sp³-hybridized carbons (Fsp3) is 0.455. The van der Waals surface area contributed by atoms with Crippen molar-refractivity contribution in [2.45, 2.75) is 38.2 Å². The number of anilines is 1. The van der Waals surface area contributed by atoms with Crippen molar-refractivity contribution in [1.29, 1.82) is 5.26 Å². The molecule has 3 aromatic heterocycles. The second-order valence-corrected chi connectivity index (χ2v) is 9.04. The van der Waals surface area contributed by atoms with Crippen LogP contribution in [0, 0.1) is 28.6 Å². The molecule has 0 radical (unpaired) electrons. The topological polar surface area (TPSA) is 79.2 Å². The van der Waals surface area contributed by atoms with E-state index in [1.54, 1.807) is 40.3 Å². The minimum absolute atomic E-state index is 0.0569. The minimum atomic E-state index is -2.69. The number of carbonyl (C=O) groups is 1. The zero-order valence-corrected chi connectivity index (χ0v) is 16.9. The third-order valence-corrected chi connectivity index (χ3v) is 7.06. The summed E-state index contributed by atoms with van der Waals surface area (Å²) in [7, 11) is 0. The van der Waals surface area contributed by atoms with E-state index in [2.05, 4.69) is 16.3 Å². The summed E-state index contributed by atoms with van der Waals surface area (Å²) in [6, 6.07) is 5.16. The molecule has 6 rings (SSSR count). The Morgan fingerprint density at radius 1 is 1.23 bits per heavy atom. The van der Waals surface area contributed by atoms with E-state index in [4.69, 9.17) is 0 Å². The second-order valence-electron chi connectivity index (χ2n) is 9.04. The van der Waals surface area contributed by atoms with Crippen LogP contribution in [-0.4, -0.2) is 37.8 Å². The van der Waals surface area contributed by atoms with Crippen LogP contribution in [0.5, 0.6) is 0 Å². The lowest BCUT2D eigenvalue weighted by atomic mass is 9.75. The zero-order chi connectivity index (χ0) is 21.5. The van der Waals surface area contributed by atoms with Crippen molar-refractivity contribution in [1.82, 2.24) is 19.4 Å². The highest BCUT2D eigenvalue weighted by molar-refractivity contribution is 6.05. The lowest BCUT2D eigenvalue weighted by molar-refractivity contribution is -0.124. The molecule has 0 aromatic carbocycles. The van der Waals surface area contributed by atoms with Crippen molar-refractivity contribution in [3.63, 3.8) is 0 Å². The second kappa shape index (κ2) is 5.90. The average Bonchev–Trinajstić information content (AvgIpc) is 3.52. The normalized spacial score (nSPS) is 29.5. The molecule has 1 saturated heterocycles. The number of nitrogens with zero attached hydrogens (tertiary/aromatic N) is 6. The van der Waals surface area contributed by atoms with E-state index in [1.165, 1.54) is 4.68 Å². The number of amides is 1. The molecule has 0 unspecified atom stereocenters. The van der Waals surface area contributed by atoms with E-state index in [-0.39, 0.29) is 24.2 Å². The molecule has 9 heteroatoms. The summed E-state index contributed by atoms with van der Waals surface area (Å²) >= 11 is 0. The van der Waals surface area contributed by atoms with Crippen molar-refractivity contribution < 1.29 is 13.6 Å². The molecule has 31 heavy (non-hydrogen) atoms. The summed E-state index contributed by atoms with van der Waals surface area (Å²) in [5, 5.41) is 18.4. The Kier molecular flexibility index (Phi) is 3.52. The van der Waals surface area contributed by atoms with Gasteiger partial charge in [-0.1, -0.05) is 6.92 Å². The first-order valence-corrected chi connectivity index (χ1v) is 10.5. The van der Waals surface area contributed by atoms with Gasteiger partial charge in [-0.2, -0.15) is 15.5 Å². The maximum absolute atomic E-state index is 13.4. The molecule has 1 amide bonds. The highest BCUT2D eigenvalue weighted by Crippen LogP contribution is 2.55. The summed E-state index contributed by atoms with van der Waals surface area (Å²) in [4.78, 5) is 15.1. The van der Waals surface area contributed by atoms with E-state index in [0.29, 0.717) is 17.8 Å². The number of carbonyl (C=O) groups excluding carboxylic acids is 1. The Morgan fingerprint density at radius 2 is 2.00 bits per heavy atom. The predicted octanol–water partition coefficient (Wildman–Crippen LogP) is 3.68. The number of hydrogen-bond donors (Lipinski definition) is 0. The standard InChI is InChI=1S/C22H20F2N6O/c1-13-9-28(20(31)21(13,12-25)16-2-3-16)17-4-5-26-29-10-14(6-18(17)29)15-8-27-30(11-15)19-7-22(19,23)24/h4-6,8,10-11,13,16,19H,2-3,7,9H2,1H3/t13-,19-,21+/m1/s1. The lowest BCUT2D eigenvalue weighted by Gasteiger charge is -2.23. The first-order valence-electron chi connectivity index (χ1n) is 10.5. The Balaban J connectivity index is 1.38. The van der Waals surface area contributed by atoms with Gasteiger partial charge in [0.1, 0.15) is 11.5 Å². The van der Waals surface area contributed by atoms with Crippen LogP contribution in [0.3, 0.4) is 0 Å². The van der Waals surface area contributed by atoms with Gasteiger partial charge in [0, 0.05) is 48.6 Å². The van der Waals surface area contributed by atoms with Crippen molar-refractivity contribution in [2.75, 3.05) is 11.4 Å². The molecule has 158 valence electrons. The van der Waals surface area contributed by atoms with Crippen LogP contribution < -0.4 is 4.90 Å². The monoisotopic (exact) mass is 422 g/mol. The molecule has 2 aliphatic carbocycles. The third kappa shape index (κ3) is 2.51. The van der Waals surface area contributed by atoms with Crippen molar-refractivity contribution in [3.05, 3.63) is 36.9 Å². The molecule has 2 saturated carbocycles. The van der Waals surface area contributed by atoms with E-state index in [0.717, 1.165) is 23.9 Å². The quantitative estimate of drug-likeness (QED) is 0.643. The van der Waals surface area contributed by atoms with Gasteiger partial charge < -0.3 is 4.90 Å². The maximum atomic E-state index is 13.4. The summed E-state index contributed by atoms with van der Waals surface area (Å²) in [6.07, 6.45) is 8.27. The molecular weight excluding hydrogens is 402 g/mol. The van der Waals surface area contributed by atoms with Gasteiger partial charge in [0.05, 0.1) is 23.5 Å². The van der Waals surface area contributed by atoms with Gasteiger partial charge in [0.25, 0.3) is 5.92 Å². The number of rotatable bonds is 4. The molecule has 3 aliphatic rings. The number of nitriles is 1. The molecular formula is C22H20F2N6O. The number of hydrogen-bond acceptors (Lipinski definition) is 4. The molecule has 0 bridgehead atoms. The van der Waals surface area contributed by atoms with Crippen molar-refractivity contribution in [2.24, 2.45) is 17.3 Å². The van der Waals surface area contributed by atoms with E-state index in [9.17, 15) is 18.8 Å². The smallest absolute Gasteiger partial charge is 0.272 e. The molecule has 3 aromatic rings. The largest absolute Gasteiger partial charge is 0.309 e. The van der Waals surface area contributed by atoms with Crippen LogP contribution in [0.2, 0.25) is 0 Å². The minimum Gasteiger partial charge on any atom is -0.309 e. The van der Waals surface area contributed by atoms with E-state index >= 15 is 0 Å². The van der Waals surface area contributed by atoms with Gasteiger partial charge in [-0.15, -0.1) is 0 Å². The zero-order valence-electron chi connectivity index (χ0n) is 16.9. The number of halogens is 2. The highest BCUT2D eigenvalue weighted by atomic mass is 19.3. The molecule has 4 heterocycles. The first kappa shape index (κ1) is 18.5. The Hall–Kier alpha value is -3.28. The van der Waals surface area contributed by atoms with Gasteiger partial charge in [-0.05, 0) is 30.9 Å². The molecule has 7 nitrogen and oxygen atoms in total. The fourth-order valence-corrected chi connectivity index (χ4v) is 5.04. The van der Waals surface area contributed by atoms with Gasteiger partial charge in [-0.25, -0.2) is 13.3 Å². The first-order chi connectivity index (χ1) is 14.8. The average molecular weight is 422 g/mol. The van der Waals surface area contributed by atoms with Crippen LogP contribution in [0.1, 0.15) is 32.2 Å². The lowest BCUT2D eigenvalue weighted by Crippen LogP contribution is -2.37. The Labute approximate surface area is 176 Å². The molecule has 3 atom stereocenters. The number of fused-ring (bicyclic) bond motifs is 1. The van der Waals surface area contributed by atoms with Crippen LogP contribution in [0.25, 0.3) is 16.6 Å². The summed E-state index contributed by atoms with van der Waals surface area (Å²) in [5.41, 5.74) is 1.98. The molecule has 1 aliphatic heterocycles. The van der Waals surface area contributed by atoms with Gasteiger partial charge >= 0.3 is 0 Å². The van der Waals surface area contributed by atoms with E-state index < -0.39 is 17.4 Å². The van der Waals surface area contributed by atoms with Crippen LogP contribution in [0.4, 0.5) is 14.5 Å². The van der Waals surface area contributed by atoms with Crippen LogP contribution in [-0.2, 0) is 4.79 Å². The van der Waals surface area contributed by atoms with Gasteiger partial charge in [0.2, 0.25) is 5.91 Å². The predicted molar refractivity (Wildman–Crippen MR) is 107 cm³/mol. The Morgan fingerprint density at radius 3 is 2.68 bits per heavy atom. The SMILES string of the molecule is C[C@@H]1CN(c2ccnn3cc(-c4cnn([C@@H]5CC5(F)F)c4)cc23)C(=O)[C@]1(C#N)C1CC1. The summed E-state index contributed by atoms with van der Waals surface area (Å²) < 4.78 is 29.7. The number of alkyl halides is 2. The van der Waals surface area contributed by atoms with Crippen molar-refractivity contribution in [3.8, 4) is 17.2 Å².